The van der Waals surface area contributed by atoms with E-state index >= 15 is 0 Å². The lowest BCUT2D eigenvalue weighted by Gasteiger charge is -2.28. The Kier molecular flexibility index (Phi) is 6.40. The minimum absolute atomic E-state index is 0.171. The van der Waals surface area contributed by atoms with Gasteiger partial charge in [0.2, 0.25) is 10.0 Å². The van der Waals surface area contributed by atoms with Crippen LogP contribution in [0.25, 0.3) is 10.2 Å². The van der Waals surface area contributed by atoms with E-state index in [1.807, 2.05) is 54.8 Å². The fraction of sp³-hybridized carbons (Fsp3) is 0.231. The zero-order valence-corrected chi connectivity index (χ0v) is 21.8. The number of amides is 1. The molecule has 0 N–H and O–H groups in total. The van der Waals surface area contributed by atoms with Gasteiger partial charge in [0.25, 0.3) is 5.91 Å². The molecule has 0 aliphatic carbocycles. The monoisotopic (exact) mass is 525 g/mol. The Morgan fingerprint density at radius 1 is 1.06 bits per heavy atom. The number of carbonyl (C=O) groups is 1. The topological polar surface area (TPSA) is 71.7 Å². The van der Waals surface area contributed by atoms with Crippen molar-refractivity contribution in [2.45, 2.75) is 38.3 Å². The summed E-state index contributed by atoms with van der Waals surface area (Å²) in [7, 11) is -3.67. The molecule has 1 amide bonds. The lowest BCUT2D eigenvalue weighted by Crippen LogP contribution is -2.35. The average molecular weight is 526 g/mol. The Balaban J connectivity index is 1.43. The molecule has 4 aromatic rings. The Bertz CT molecular complexity index is 1620. The largest absolute Gasteiger partial charge is 0.316 e. The number of rotatable bonds is 4. The molecule has 6 nitrogen and oxygen atoms in total. The number of sulfonamides is 1. The lowest BCUT2D eigenvalue weighted by atomic mass is 10.0. The second-order valence-corrected chi connectivity index (χ2v) is 11.8. The molecule has 0 radical (unpaired) electrons. The maximum Gasteiger partial charge on any atom is 0.279 e. The minimum atomic E-state index is -3.67. The zero-order chi connectivity index (χ0) is 24.7. The van der Waals surface area contributed by atoms with Crippen LogP contribution < -0.4 is 4.80 Å². The van der Waals surface area contributed by atoms with Gasteiger partial charge in [0.15, 0.2) is 4.80 Å². The van der Waals surface area contributed by atoms with Crippen molar-refractivity contribution in [3.8, 4) is 0 Å². The van der Waals surface area contributed by atoms with Crippen LogP contribution in [0.2, 0.25) is 5.02 Å². The van der Waals surface area contributed by atoms with Crippen molar-refractivity contribution in [1.29, 1.82) is 0 Å². The van der Waals surface area contributed by atoms with E-state index in [0.29, 0.717) is 41.4 Å². The number of nitrogens with zero attached hydrogens (tertiary/aromatic N) is 3. The molecule has 1 aromatic heterocycles. The molecule has 9 heteroatoms. The van der Waals surface area contributed by atoms with Crippen LogP contribution in [0.5, 0.6) is 0 Å². The predicted octanol–water partition coefficient (Wildman–Crippen LogP) is 5.17. The molecule has 0 fully saturated rings. The fourth-order valence-electron chi connectivity index (χ4n) is 4.44. The molecule has 1 aliphatic rings. The summed E-state index contributed by atoms with van der Waals surface area (Å²) in [6, 6.07) is 17.7. The molecule has 5 rings (SSSR count). The first-order valence-electron chi connectivity index (χ1n) is 11.3. The van der Waals surface area contributed by atoms with E-state index in [9.17, 15) is 13.2 Å². The van der Waals surface area contributed by atoms with E-state index < -0.39 is 15.9 Å². The van der Waals surface area contributed by atoms with Crippen LogP contribution in [0, 0.1) is 6.92 Å². The van der Waals surface area contributed by atoms with Gasteiger partial charge in [-0.3, -0.25) is 4.79 Å². The van der Waals surface area contributed by atoms with Crippen LogP contribution in [0.4, 0.5) is 0 Å². The number of halogens is 1. The van der Waals surface area contributed by atoms with Crippen LogP contribution in [0.3, 0.4) is 0 Å². The maximum atomic E-state index is 13.2. The van der Waals surface area contributed by atoms with E-state index in [0.717, 1.165) is 21.3 Å². The molecule has 0 atom stereocenters. The summed E-state index contributed by atoms with van der Waals surface area (Å²) in [6.07, 6.45) is 0.683. The first kappa shape index (κ1) is 23.9. The highest BCUT2D eigenvalue weighted by Gasteiger charge is 2.28. The van der Waals surface area contributed by atoms with Crippen molar-refractivity contribution in [2.75, 3.05) is 6.54 Å². The van der Waals surface area contributed by atoms with Gasteiger partial charge in [-0.2, -0.15) is 9.30 Å². The molecule has 0 saturated carbocycles. The molecule has 0 unspecified atom stereocenters. The van der Waals surface area contributed by atoms with Crippen LogP contribution >= 0.6 is 22.9 Å². The second-order valence-electron chi connectivity index (χ2n) is 8.45. The van der Waals surface area contributed by atoms with Gasteiger partial charge in [-0.15, -0.1) is 0 Å². The predicted molar refractivity (Wildman–Crippen MR) is 139 cm³/mol. The van der Waals surface area contributed by atoms with Crippen molar-refractivity contribution in [3.05, 3.63) is 92.7 Å². The van der Waals surface area contributed by atoms with Crippen LogP contribution in [0.1, 0.15) is 34.0 Å². The number of thiazole rings is 1. The van der Waals surface area contributed by atoms with Gasteiger partial charge in [0.05, 0.1) is 15.1 Å². The Labute approximate surface area is 213 Å². The Hall–Kier alpha value is -2.78. The van der Waals surface area contributed by atoms with Gasteiger partial charge in [-0.1, -0.05) is 47.2 Å². The SMILES string of the molecule is CCn1c(=NC(=O)c2ccc(S(=O)(=O)N3CCc4ccccc4C3)cc2)sc2ccc(Cl)c(C)c21. The summed E-state index contributed by atoms with van der Waals surface area (Å²) in [6.45, 7) is 5.37. The van der Waals surface area contributed by atoms with E-state index in [1.54, 1.807) is 0 Å². The van der Waals surface area contributed by atoms with E-state index in [4.69, 9.17) is 11.6 Å². The minimum Gasteiger partial charge on any atom is -0.316 e. The van der Waals surface area contributed by atoms with Gasteiger partial charge in [0.1, 0.15) is 0 Å². The standard InChI is InChI=1S/C26H24ClN3O3S2/c1-3-30-24-17(2)22(27)12-13-23(24)34-26(30)28-25(31)19-8-10-21(11-9-19)35(32,33)29-15-14-18-6-4-5-7-20(18)16-29/h4-13H,3,14-16H2,1-2H3. The van der Waals surface area contributed by atoms with Gasteiger partial charge >= 0.3 is 0 Å². The van der Waals surface area contributed by atoms with E-state index in [1.165, 1.54) is 45.5 Å². The highest BCUT2D eigenvalue weighted by molar-refractivity contribution is 7.89. The summed E-state index contributed by atoms with van der Waals surface area (Å²) in [4.78, 5) is 18.1. The molecular weight excluding hydrogens is 502 g/mol. The van der Waals surface area contributed by atoms with Gasteiger partial charge < -0.3 is 4.57 Å². The molecule has 0 saturated heterocycles. The molecular formula is C26H24ClN3O3S2. The third kappa shape index (κ3) is 4.36. The van der Waals surface area contributed by atoms with Gasteiger partial charge in [0, 0.05) is 30.2 Å². The highest BCUT2D eigenvalue weighted by Crippen LogP contribution is 2.28. The van der Waals surface area contributed by atoms with Crippen molar-refractivity contribution in [2.24, 2.45) is 4.99 Å². The number of carbonyl (C=O) groups excluding carboxylic acids is 1. The average Bonchev–Trinajstić information content (AvgIpc) is 3.23. The summed E-state index contributed by atoms with van der Waals surface area (Å²) < 4.78 is 30.9. The maximum absolute atomic E-state index is 13.2. The number of hydrogen-bond donors (Lipinski definition) is 0. The van der Waals surface area contributed by atoms with Crippen molar-refractivity contribution < 1.29 is 13.2 Å². The second kappa shape index (κ2) is 9.35. The Morgan fingerprint density at radius 2 is 1.77 bits per heavy atom. The molecule has 3 aromatic carbocycles. The molecule has 0 bridgehead atoms. The van der Waals surface area contributed by atoms with Crippen LogP contribution in [-0.2, 0) is 29.5 Å². The Morgan fingerprint density at radius 3 is 2.49 bits per heavy atom. The van der Waals surface area contributed by atoms with Gasteiger partial charge in [-0.25, -0.2) is 8.42 Å². The summed E-state index contributed by atoms with van der Waals surface area (Å²) in [5.41, 5.74) is 4.47. The molecule has 0 spiro atoms. The lowest BCUT2D eigenvalue weighted by molar-refractivity contribution is 0.0997. The summed E-state index contributed by atoms with van der Waals surface area (Å²) >= 11 is 7.73. The van der Waals surface area contributed by atoms with Gasteiger partial charge in [-0.05, 0) is 73.4 Å². The number of hydrogen-bond acceptors (Lipinski definition) is 4. The first-order valence-corrected chi connectivity index (χ1v) is 14.0. The third-order valence-corrected chi connectivity index (χ3v) is 9.69. The summed E-state index contributed by atoms with van der Waals surface area (Å²) in [5.74, 6) is -0.418. The number of fused-ring (bicyclic) bond motifs is 2. The quantitative estimate of drug-likeness (QED) is 0.369. The highest BCUT2D eigenvalue weighted by atomic mass is 35.5. The fourth-order valence-corrected chi connectivity index (χ4v) is 7.16. The number of aromatic nitrogens is 1. The summed E-state index contributed by atoms with van der Waals surface area (Å²) in [5, 5.41) is 0.671. The van der Waals surface area contributed by atoms with Crippen LogP contribution in [0.15, 0.2) is 70.6 Å². The van der Waals surface area contributed by atoms with Crippen molar-refractivity contribution in [3.63, 3.8) is 0 Å². The smallest absolute Gasteiger partial charge is 0.279 e. The molecule has 1 aliphatic heterocycles. The van der Waals surface area contributed by atoms with E-state index in [2.05, 4.69) is 4.99 Å². The molecule has 35 heavy (non-hydrogen) atoms. The zero-order valence-electron chi connectivity index (χ0n) is 19.4. The van der Waals surface area contributed by atoms with Crippen molar-refractivity contribution in [1.82, 2.24) is 8.87 Å². The molecule has 2 heterocycles. The first-order chi connectivity index (χ1) is 16.8. The molecule has 180 valence electrons. The number of benzene rings is 3. The number of aryl methyl sites for hydroxylation is 2. The normalized spacial score (nSPS) is 14.9. The third-order valence-electron chi connectivity index (χ3n) is 6.38. The van der Waals surface area contributed by atoms with Crippen LogP contribution in [-0.4, -0.2) is 29.7 Å². The van der Waals surface area contributed by atoms with E-state index in [-0.39, 0.29) is 4.90 Å². The van der Waals surface area contributed by atoms with Crippen molar-refractivity contribution >= 4 is 49.1 Å².